The van der Waals surface area contributed by atoms with E-state index in [1.54, 1.807) is 45.4 Å². The topological polar surface area (TPSA) is 88.4 Å². The Bertz CT molecular complexity index is 992. The van der Waals surface area contributed by atoms with Crippen LogP contribution < -0.4 is 10.4 Å². The number of aromatic amines is 1. The molecule has 1 aromatic carbocycles. The fourth-order valence-corrected chi connectivity index (χ4v) is 2.75. The summed E-state index contributed by atoms with van der Waals surface area (Å²) >= 11 is 0. The Morgan fingerprint density at radius 1 is 1.35 bits per heavy atom. The third-order valence-corrected chi connectivity index (χ3v) is 4.41. The van der Waals surface area contributed by atoms with Crippen molar-refractivity contribution in [1.29, 1.82) is 0 Å². The number of nitrogens with one attached hydrogen (secondary N) is 1. The lowest BCUT2D eigenvalue weighted by Crippen LogP contribution is -2.37. The minimum absolute atomic E-state index is 0.178. The maximum Gasteiger partial charge on any atom is 0.339 e. The Morgan fingerprint density at radius 3 is 2.81 bits per heavy atom. The van der Waals surface area contributed by atoms with E-state index < -0.39 is 6.10 Å². The van der Waals surface area contributed by atoms with E-state index in [4.69, 9.17) is 9.15 Å². The third kappa shape index (κ3) is 3.46. The van der Waals surface area contributed by atoms with Gasteiger partial charge in [-0.2, -0.15) is 0 Å². The Balaban J connectivity index is 1.76. The number of likely N-dealkylation sites (N-methyl/N-ethyl adjacent to an activating group) is 1. The van der Waals surface area contributed by atoms with Crippen molar-refractivity contribution in [1.82, 2.24) is 14.9 Å². The number of rotatable bonds is 5. The van der Waals surface area contributed by atoms with Crippen LogP contribution in [0.5, 0.6) is 5.75 Å². The van der Waals surface area contributed by atoms with Gasteiger partial charge >= 0.3 is 5.63 Å². The van der Waals surface area contributed by atoms with Crippen molar-refractivity contribution in [2.75, 3.05) is 7.05 Å². The smallest absolute Gasteiger partial charge is 0.339 e. The first-order valence-electron chi connectivity index (χ1n) is 8.30. The Labute approximate surface area is 150 Å². The van der Waals surface area contributed by atoms with Gasteiger partial charge in [0.15, 0.2) is 6.10 Å². The van der Waals surface area contributed by atoms with Crippen LogP contribution in [0.1, 0.15) is 23.9 Å². The first kappa shape index (κ1) is 17.7. The van der Waals surface area contributed by atoms with Crippen molar-refractivity contribution in [3.05, 3.63) is 58.0 Å². The lowest BCUT2D eigenvalue weighted by Gasteiger charge is -2.21. The van der Waals surface area contributed by atoms with Crippen molar-refractivity contribution >= 4 is 16.9 Å². The molecule has 0 fully saturated rings. The number of amides is 1. The lowest BCUT2D eigenvalue weighted by molar-refractivity contribution is -0.137. The highest BCUT2D eigenvalue weighted by atomic mass is 16.5. The number of fused-ring (bicyclic) bond motifs is 1. The number of imidazole rings is 1. The van der Waals surface area contributed by atoms with Crippen LogP contribution in [0, 0.1) is 13.8 Å². The second-order valence-corrected chi connectivity index (χ2v) is 6.29. The predicted octanol–water partition coefficient (Wildman–Crippen LogP) is 2.56. The quantitative estimate of drug-likeness (QED) is 0.711. The van der Waals surface area contributed by atoms with E-state index in [0.29, 0.717) is 29.3 Å². The van der Waals surface area contributed by atoms with Crippen LogP contribution in [-0.4, -0.2) is 33.9 Å². The normalized spacial score (nSPS) is 12.2. The number of ether oxygens (including phenoxy) is 1. The zero-order valence-electron chi connectivity index (χ0n) is 15.2. The zero-order valence-corrected chi connectivity index (χ0v) is 15.2. The molecule has 2 aromatic heterocycles. The zero-order chi connectivity index (χ0) is 18.8. The van der Waals surface area contributed by atoms with Gasteiger partial charge in [0, 0.05) is 36.5 Å². The molecule has 0 spiro atoms. The van der Waals surface area contributed by atoms with Crippen LogP contribution in [0.3, 0.4) is 0 Å². The molecule has 3 rings (SSSR count). The summed E-state index contributed by atoms with van der Waals surface area (Å²) in [6.07, 6.45) is 2.66. The average Bonchev–Trinajstić information content (AvgIpc) is 3.11. The first-order chi connectivity index (χ1) is 12.4. The van der Waals surface area contributed by atoms with Gasteiger partial charge in [0.05, 0.1) is 6.54 Å². The second-order valence-electron chi connectivity index (χ2n) is 6.29. The number of aromatic nitrogens is 2. The highest BCUT2D eigenvalue weighted by Gasteiger charge is 2.20. The van der Waals surface area contributed by atoms with Gasteiger partial charge < -0.3 is 19.0 Å². The van der Waals surface area contributed by atoms with Crippen molar-refractivity contribution in [3.63, 3.8) is 0 Å². The van der Waals surface area contributed by atoms with Gasteiger partial charge in [-0.05, 0) is 38.5 Å². The molecule has 26 heavy (non-hydrogen) atoms. The van der Waals surface area contributed by atoms with Crippen LogP contribution in [0.4, 0.5) is 0 Å². The van der Waals surface area contributed by atoms with E-state index >= 15 is 0 Å². The third-order valence-electron chi connectivity index (χ3n) is 4.41. The number of aryl methyl sites for hydroxylation is 1. The number of hydrogen-bond acceptors (Lipinski definition) is 5. The molecule has 7 heteroatoms. The van der Waals surface area contributed by atoms with Gasteiger partial charge in [-0.1, -0.05) is 0 Å². The van der Waals surface area contributed by atoms with Crippen LogP contribution in [0.25, 0.3) is 11.0 Å². The van der Waals surface area contributed by atoms with Crippen LogP contribution in [0.15, 0.2) is 39.8 Å². The van der Waals surface area contributed by atoms with Gasteiger partial charge in [0.2, 0.25) is 0 Å². The molecule has 0 unspecified atom stereocenters. The largest absolute Gasteiger partial charge is 0.481 e. The number of H-pyrrole nitrogens is 1. The number of nitrogens with zero attached hydrogens (tertiary/aromatic N) is 2. The summed E-state index contributed by atoms with van der Waals surface area (Å²) in [6, 6.07) is 5.24. The Kier molecular flexibility index (Phi) is 4.79. The Morgan fingerprint density at radius 2 is 2.12 bits per heavy atom. The molecule has 0 aliphatic rings. The van der Waals surface area contributed by atoms with Crippen LogP contribution >= 0.6 is 0 Å². The minimum Gasteiger partial charge on any atom is -0.481 e. The summed E-state index contributed by atoms with van der Waals surface area (Å²) in [4.78, 5) is 32.9. The summed E-state index contributed by atoms with van der Waals surface area (Å²) in [7, 11) is 1.69. The summed E-state index contributed by atoms with van der Waals surface area (Å²) < 4.78 is 11.1. The van der Waals surface area contributed by atoms with Gasteiger partial charge in [-0.3, -0.25) is 4.79 Å². The van der Waals surface area contributed by atoms with E-state index in [1.165, 1.54) is 4.90 Å². The van der Waals surface area contributed by atoms with Crippen molar-refractivity contribution < 1.29 is 13.9 Å². The van der Waals surface area contributed by atoms with Crippen molar-refractivity contribution in [2.24, 2.45) is 0 Å². The van der Waals surface area contributed by atoms with Crippen molar-refractivity contribution in [2.45, 2.75) is 33.4 Å². The highest BCUT2D eigenvalue weighted by Crippen LogP contribution is 2.24. The minimum atomic E-state index is -0.689. The molecule has 0 saturated heterocycles. The van der Waals surface area contributed by atoms with E-state index in [1.807, 2.05) is 13.0 Å². The molecular formula is C19H21N3O4. The maximum atomic E-state index is 12.5. The average molecular weight is 355 g/mol. The predicted molar refractivity (Wildman–Crippen MR) is 97.1 cm³/mol. The second kappa shape index (κ2) is 7.03. The number of hydrogen-bond donors (Lipinski definition) is 1. The molecule has 136 valence electrons. The maximum absolute atomic E-state index is 12.5. The number of benzene rings is 1. The SMILES string of the molecule is Cc1c(C)c2ccc(O[C@@H](C)C(=O)N(C)Cc3ncc[nH]3)cc2oc1=O. The molecular weight excluding hydrogens is 334 g/mol. The van der Waals surface area contributed by atoms with Crippen LogP contribution in [0.2, 0.25) is 0 Å². The highest BCUT2D eigenvalue weighted by molar-refractivity contribution is 5.83. The molecule has 0 aliphatic heterocycles. The molecule has 0 bridgehead atoms. The molecule has 7 nitrogen and oxygen atoms in total. The van der Waals surface area contributed by atoms with Crippen molar-refractivity contribution in [3.8, 4) is 5.75 Å². The summed E-state index contributed by atoms with van der Waals surface area (Å²) in [5.41, 5.74) is 1.55. The molecule has 1 N–H and O–H groups in total. The van der Waals surface area contributed by atoms with E-state index in [0.717, 1.165) is 10.9 Å². The fourth-order valence-electron chi connectivity index (χ4n) is 2.75. The summed E-state index contributed by atoms with van der Waals surface area (Å²) in [5.74, 6) is 0.991. The van der Waals surface area contributed by atoms with Gasteiger partial charge in [-0.15, -0.1) is 0 Å². The van der Waals surface area contributed by atoms with E-state index in [2.05, 4.69) is 9.97 Å². The summed E-state index contributed by atoms with van der Waals surface area (Å²) in [6.45, 7) is 5.66. The van der Waals surface area contributed by atoms with Crippen LogP contribution in [-0.2, 0) is 11.3 Å². The number of carbonyl (C=O) groups is 1. The van der Waals surface area contributed by atoms with Gasteiger partial charge in [0.25, 0.3) is 5.91 Å². The standard InChI is InChI=1S/C19H21N3O4/c1-11-12(2)19(24)26-16-9-14(5-6-15(11)16)25-13(3)18(23)22(4)10-17-20-7-8-21-17/h5-9,13H,10H2,1-4H3,(H,20,21)/t13-/m0/s1. The summed E-state index contributed by atoms with van der Waals surface area (Å²) in [5, 5.41) is 0.850. The molecule has 0 aliphatic carbocycles. The number of carbonyl (C=O) groups excluding carboxylic acids is 1. The molecule has 1 amide bonds. The molecule has 0 radical (unpaired) electrons. The molecule has 2 heterocycles. The molecule has 3 aromatic rings. The lowest BCUT2D eigenvalue weighted by atomic mass is 10.1. The van der Waals surface area contributed by atoms with Gasteiger partial charge in [0.1, 0.15) is 17.2 Å². The Hall–Kier alpha value is -3.09. The first-order valence-corrected chi connectivity index (χ1v) is 8.30. The van der Waals surface area contributed by atoms with E-state index in [-0.39, 0.29) is 11.5 Å². The molecule has 0 saturated carbocycles. The fraction of sp³-hybridized carbons (Fsp3) is 0.316. The monoisotopic (exact) mass is 355 g/mol. The molecule has 1 atom stereocenters. The van der Waals surface area contributed by atoms with E-state index in [9.17, 15) is 9.59 Å². The van der Waals surface area contributed by atoms with Gasteiger partial charge in [-0.25, -0.2) is 9.78 Å².